The van der Waals surface area contributed by atoms with Gasteiger partial charge in [0.05, 0.1) is 12.0 Å². The second-order valence-electron chi connectivity index (χ2n) is 5.36. The van der Waals surface area contributed by atoms with Gasteiger partial charge in [-0.1, -0.05) is 27.2 Å². The van der Waals surface area contributed by atoms with Gasteiger partial charge in [0, 0.05) is 0 Å². The highest BCUT2D eigenvalue weighted by molar-refractivity contribution is 5.75. The van der Waals surface area contributed by atoms with Crippen molar-refractivity contribution in [3.05, 3.63) is 0 Å². The molecule has 0 heterocycles. The van der Waals surface area contributed by atoms with Gasteiger partial charge in [-0.05, 0) is 30.6 Å². The number of aliphatic hydroxyl groups excluding tert-OH is 1. The number of hydrogen-bond acceptors (Lipinski definition) is 2. The van der Waals surface area contributed by atoms with Gasteiger partial charge in [-0.2, -0.15) is 0 Å². The molecule has 1 rings (SSSR count). The van der Waals surface area contributed by atoms with Gasteiger partial charge in [-0.15, -0.1) is 0 Å². The van der Waals surface area contributed by atoms with E-state index < -0.39 is 11.4 Å². The minimum atomic E-state index is -0.897. The van der Waals surface area contributed by atoms with Gasteiger partial charge in [0.2, 0.25) is 0 Å². The molecule has 1 aliphatic carbocycles. The Hall–Kier alpha value is -0.570. The van der Waals surface area contributed by atoms with Crippen molar-refractivity contribution in [2.75, 3.05) is 6.61 Å². The van der Waals surface area contributed by atoms with Crippen molar-refractivity contribution in [2.24, 2.45) is 23.2 Å². The Morgan fingerprint density at radius 1 is 1.47 bits per heavy atom. The van der Waals surface area contributed by atoms with Crippen LogP contribution in [0.4, 0.5) is 0 Å². The Morgan fingerprint density at radius 2 is 2.07 bits per heavy atom. The van der Waals surface area contributed by atoms with Crippen LogP contribution in [0, 0.1) is 23.2 Å². The van der Waals surface area contributed by atoms with Crippen LogP contribution in [0.1, 0.15) is 40.0 Å². The van der Waals surface area contributed by atoms with E-state index in [4.69, 9.17) is 0 Å². The molecule has 0 aromatic rings. The molecule has 0 bridgehead atoms. The van der Waals surface area contributed by atoms with Gasteiger partial charge >= 0.3 is 5.97 Å². The van der Waals surface area contributed by atoms with E-state index >= 15 is 0 Å². The maximum Gasteiger partial charge on any atom is 0.312 e. The Labute approximate surface area is 91.5 Å². The van der Waals surface area contributed by atoms with Gasteiger partial charge in [-0.25, -0.2) is 0 Å². The summed E-state index contributed by atoms with van der Waals surface area (Å²) < 4.78 is 0. The van der Waals surface area contributed by atoms with Crippen LogP contribution >= 0.6 is 0 Å². The fourth-order valence-electron chi connectivity index (χ4n) is 3.08. The minimum absolute atomic E-state index is 0.108. The molecule has 3 heteroatoms. The summed E-state index contributed by atoms with van der Waals surface area (Å²) in [5.41, 5.74) is -0.897. The van der Waals surface area contributed by atoms with Crippen molar-refractivity contribution in [1.82, 2.24) is 0 Å². The van der Waals surface area contributed by atoms with E-state index in [1.165, 1.54) is 0 Å². The van der Waals surface area contributed by atoms with Gasteiger partial charge in [0.25, 0.3) is 0 Å². The van der Waals surface area contributed by atoms with E-state index in [2.05, 4.69) is 6.92 Å². The second kappa shape index (κ2) is 4.52. The van der Waals surface area contributed by atoms with Crippen molar-refractivity contribution in [2.45, 2.75) is 40.0 Å². The largest absolute Gasteiger partial charge is 0.481 e. The first kappa shape index (κ1) is 12.5. The van der Waals surface area contributed by atoms with E-state index in [0.717, 1.165) is 12.8 Å². The SMILES string of the molecule is CC(C)[C@H]1CC[C@@H](C)C[C@@]1(CO)C(=O)O. The summed E-state index contributed by atoms with van der Waals surface area (Å²) in [4.78, 5) is 11.4. The third kappa shape index (κ3) is 2.17. The molecular weight excluding hydrogens is 192 g/mol. The maximum atomic E-state index is 11.4. The van der Waals surface area contributed by atoms with Crippen molar-refractivity contribution in [3.8, 4) is 0 Å². The smallest absolute Gasteiger partial charge is 0.312 e. The molecule has 0 aliphatic heterocycles. The third-order valence-corrected chi connectivity index (χ3v) is 3.91. The highest BCUT2D eigenvalue weighted by Gasteiger charge is 2.49. The standard InChI is InChI=1S/C12H22O3/c1-8(2)10-5-4-9(3)6-12(10,7-13)11(14)15/h8-10,13H,4-7H2,1-3H3,(H,14,15)/t9-,10-,12+/m1/s1. The zero-order valence-corrected chi connectivity index (χ0v) is 9.86. The fraction of sp³-hybridized carbons (Fsp3) is 0.917. The lowest BCUT2D eigenvalue weighted by Crippen LogP contribution is -2.48. The first-order valence-electron chi connectivity index (χ1n) is 5.78. The molecule has 1 fully saturated rings. The Bertz CT molecular complexity index is 237. The molecule has 0 saturated heterocycles. The highest BCUT2D eigenvalue weighted by Crippen LogP contribution is 2.47. The molecule has 3 atom stereocenters. The van der Waals surface area contributed by atoms with Crippen LogP contribution < -0.4 is 0 Å². The van der Waals surface area contributed by atoms with Crippen LogP contribution in [0.5, 0.6) is 0 Å². The van der Waals surface area contributed by atoms with Crippen LogP contribution in [-0.2, 0) is 4.79 Å². The minimum Gasteiger partial charge on any atom is -0.481 e. The zero-order valence-electron chi connectivity index (χ0n) is 9.86. The fourth-order valence-corrected chi connectivity index (χ4v) is 3.08. The summed E-state index contributed by atoms with van der Waals surface area (Å²) in [5.74, 6) is 0.00968. The molecular formula is C12H22O3. The second-order valence-corrected chi connectivity index (χ2v) is 5.36. The summed E-state index contributed by atoms with van der Waals surface area (Å²) in [6.07, 6.45) is 2.62. The first-order valence-corrected chi connectivity index (χ1v) is 5.78. The summed E-state index contributed by atoms with van der Waals surface area (Å²) >= 11 is 0. The molecule has 0 spiro atoms. The average Bonchev–Trinajstić information content (AvgIpc) is 2.16. The van der Waals surface area contributed by atoms with Gasteiger partial charge in [-0.3, -0.25) is 4.79 Å². The molecule has 0 amide bonds. The molecule has 3 nitrogen and oxygen atoms in total. The number of aliphatic carboxylic acids is 1. The molecule has 0 unspecified atom stereocenters. The van der Waals surface area contributed by atoms with Crippen molar-refractivity contribution >= 4 is 5.97 Å². The number of hydrogen-bond donors (Lipinski definition) is 2. The predicted molar refractivity (Wildman–Crippen MR) is 58.5 cm³/mol. The zero-order chi connectivity index (χ0) is 11.6. The molecule has 1 aliphatic rings. The molecule has 2 N–H and O–H groups in total. The van der Waals surface area contributed by atoms with Crippen molar-refractivity contribution < 1.29 is 15.0 Å². The molecule has 0 aromatic carbocycles. The van der Waals surface area contributed by atoms with Crippen molar-refractivity contribution in [1.29, 1.82) is 0 Å². The number of carbonyl (C=O) groups is 1. The van der Waals surface area contributed by atoms with Crippen molar-refractivity contribution in [3.63, 3.8) is 0 Å². The lowest BCUT2D eigenvalue weighted by atomic mass is 9.60. The third-order valence-electron chi connectivity index (χ3n) is 3.91. The average molecular weight is 214 g/mol. The quantitative estimate of drug-likeness (QED) is 0.756. The van der Waals surface area contributed by atoms with E-state index in [9.17, 15) is 15.0 Å². The number of aliphatic hydroxyl groups is 1. The van der Waals surface area contributed by atoms with Gasteiger partial charge < -0.3 is 10.2 Å². The van der Waals surface area contributed by atoms with Crippen LogP contribution in [-0.4, -0.2) is 22.8 Å². The van der Waals surface area contributed by atoms with Gasteiger partial charge in [0.15, 0.2) is 0 Å². The van der Waals surface area contributed by atoms with E-state index in [0.29, 0.717) is 18.3 Å². The number of rotatable bonds is 3. The number of carboxylic acid groups (broad SMARTS) is 1. The molecule has 0 radical (unpaired) electrons. The molecule has 0 aromatic heterocycles. The van der Waals surface area contributed by atoms with E-state index in [1.54, 1.807) is 0 Å². The predicted octanol–water partition coefficient (Wildman–Crippen LogP) is 2.14. The Balaban J connectivity index is 2.99. The Morgan fingerprint density at radius 3 is 2.47 bits per heavy atom. The first-order chi connectivity index (χ1) is 6.94. The number of carboxylic acids is 1. The normalized spacial score (nSPS) is 36.9. The highest BCUT2D eigenvalue weighted by atomic mass is 16.4. The summed E-state index contributed by atoms with van der Waals surface area (Å²) in [6.45, 7) is 5.95. The molecule has 88 valence electrons. The van der Waals surface area contributed by atoms with Crippen LogP contribution in [0.15, 0.2) is 0 Å². The van der Waals surface area contributed by atoms with Gasteiger partial charge in [0.1, 0.15) is 0 Å². The van der Waals surface area contributed by atoms with E-state index in [-0.39, 0.29) is 12.5 Å². The van der Waals surface area contributed by atoms with E-state index in [1.807, 2.05) is 13.8 Å². The van der Waals surface area contributed by atoms with Crippen LogP contribution in [0.2, 0.25) is 0 Å². The lowest BCUT2D eigenvalue weighted by Gasteiger charge is -2.44. The maximum absolute atomic E-state index is 11.4. The lowest BCUT2D eigenvalue weighted by molar-refractivity contribution is -0.162. The molecule has 1 saturated carbocycles. The monoisotopic (exact) mass is 214 g/mol. The summed E-state index contributed by atoms with van der Waals surface area (Å²) in [7, 11) is 0. The summed E-state index contributed by atoms with van der Waals surface area (Å²) in [5, 5.41) is 18.8. The Kier molecular flexibility index (Phi) is 3.77. The van der Waals surface area contributed by atoms with Crippen LogP contribution in [0.25, 0.3) is 0 Å². The topological polar surface area (TPSA) is 57.5 Å². The molecule has 15 heavy (non-hydrogen) atoms. The summed E-state index contributed by atoms with van der Waals surface area (Å²) in [6, 6.07) is 0. The van der Waals surface area contributed by atoms with Crippen LogP contribution in [0.3, 0.4) is 0 Å².